The molecule has 0 aliphatic carbocycles. The fraction of sp³-hybridized carbons (Fsp3) is 0.100. The van der Waals surface area contributed by atoms with Crippen molar-refractivity contribution in [1.29, 1.82) is 0 Å². The summed E-state index contributed by atoms with van der Waals surface area (Å²) in [5.41, 5.74) is 5.41. The molecule has 0 unspecified atom stereocenters. The predicted octanol–water partition coefficient (Wildman–Crippen LogP) is 5.46. The summed E-state index contributed by atoms with van der Waals surface area (Å²) in [5, 5.41) is 6.16. The maximum atomic E-state index is 12.4. The van der Waals surface area contributed by atoms with Gasteiger partial charge >= 0.3 is 0 Å². The van der Waals surface area contributed by atoms with Gasteiger partial charge in [0.05, 0.1) is 17.4 Å². The van der Waals surface area contributed by atoms with E-state index in [0.29, 0.717) is 5.56 Å². The normalized spacial score (nSPS) is 10.4. The van der Waals surface area contributed by atoms with E-state index in [2.05, 4.69) is 57.5 Å². The van der Waals surface area contributed by atoms with Gasteiger partial charge < -0.3 is 10.6 Å². The van der Waals surface area contributed by atoms with Crippen molar-refractivity contribution in [3.8, 4) is 0 Å². The van der Waals surface area contributed by atoms with Crippen LogP contribution in [0.2, 0.25) is 0 Å². The van der Waals surface area contributed by atoms with Gasteiger partial charge in [-0.2, -0.15) is 0 Å². The Morgan fingerprint density at radius 1 is 0.920 bits per heavy atom. The fourth-order valence-corrected chi connectivity index (χ4v) is 2.79. The molecule has 1 heterocycles. The monoisotopic (exact) mass is 395 g/mol. The Morgan fingerprint density at radius 2 is 1.76 bits per heavy atom. The van der Waals surface area contributed by atoms with Crippen LogP contribution in [0.3, 0.4) is 0 Å². The highest BCUT2D eigenvalue weighted by molar-refractivity contribution is 9.10. The summed E-state index contributed by atoms with van der Waals surface area (Å²) in [6.07, 6.45) is 3.25. The lowest BCUT2D eigenvalue weighted by molar-refractivity contribution is 0.102. The zero-order valence-electron chi connectivity index (χ0n) is 14.0. The molecule has 0 bridgehead atoms. The molecule has 3 rings (SSSR count). The van der Waals surface area contributed by atoms with Crippen LogP contribution < -0.4 is 10.6 Å². The van der Waals surface area contributed by atoms with Gasteiger partial charge in [0.25, 0.3) is 5.91 Å². The molecule has 0 saturated carbocycles. The topological polar surface area (TPSA) is 54.0 Å². The Kier molecular flexibility index (Phi) is 5.14. The van der Waals surface area contributed by atoms with Crippen molar-refractivity contribution in [2.75, 3.05) is 10.6 Å². The molecule has 0 aliphatic rings. The van der Waals surface area contributed by atoms with Crippen molar-refractivity contribution in [3.05, 3.63) is 82.1 Å². The summed E-state index contributed by atoms with van der Waals surface area (Å²) in [4.78, 5) is 16.6. The smallest absolute Gasteiger partial charge is 0.257 e. The van der Waals surface area contributed by atoms with Gasteiger partial charge in [0, 0.05) is 22.0 Å². The van der Waals surface area contributed by atoms with Gasteiger partial charge in [-0.05, 0) is 61.4 Å². The maximum absolute atomic E-state index is 12.4. The molecule has 3 aromatic rings. The zero-order chi connectivity index (χ0) is 17.8. The number of halogens is 1. The van der Waals surface area contributed by atoms with E-state index >= 15 is 0 Å². The first-order valence-corrected chi connectivity index (χ1v) is 8.67. The number of aromatic nitrogens is 1. The number of hydrogen-bond donors (Lipinski definition) is 2. The molecular formula is C20H18BrN3O. The second-order valence-corrected chi connectivity index (χ2v) is 6.77. The van der Waals surface area contributed by atoms with Gasteiger partial charge in [0.2, 0.25) is 0 Å². The molecular weight excluding hydrogens is 378 g/mol. The van der Waals surface area contributed by atoms with Crippen LogP contribution >= 0.6 is 15.9 Å². The Bertz CT molecular complexity index is 924. The van der Waals surface area contributed by atoms with Crippen LogP contribution in [-0.2, 0) is 0 Å². The number of amides is 1. The molecule has 0 aliphatic heterocycles. The maximum Gasteiger partial charge on any atom is 0.257 e. The number of nitrogens with one attached hydrogen (secondary N) is 2. The molecule has 2 N–H and O–H groups in total. The van der Waals surface area contributed by atoms with Crippen LogP contribution in [0.1, 0.15) is 21.5 Å². The molecule has 0 spiro atoms. The average molecular weight is 396 g/mol. The molecule has 1 amide bonds. The van der Waals surface area contributed by atoms with Crippen molar-refractivity contribution >= 4 is 38.9 Å². The fourth-order valence-electron chi connectivity index (χ4n) is 2.39. The number of pyridine rings is 1. The standard InChI is InChI=1S/C20H18BrN3O/c1-13-6-7-18(8-14(13)2)23-19-9-15(11-22-12-19)20(25)24-17-5-3-4-16(21)10-17/h3-12,23H,1-2H3,(H,24,25). The third-order valence-electron chi connectivity index (χ3n) is 3.88. The Labute approximate surface area is 155 Å². The Hall–Kier alpha value is -2.66. The zero-order valence-corrected chi connectivity index (χ0v) is 15.6. The highest BCUT2D eigenvalue weighted by Crippen LogP contribution is 2.21. The first-order valence-electron chi connectivity index (χ1n) is 7.87. The molecule has 0 radical (unpaired) electrons. The minimum absolute atomic E-state index is 0.200. The molecule has 5 heteroatoms. The minimum Gasteiger partial charge on any atom is -0.354 e. The Morgan fingerprint density at radius 3 is 2.52 bits per heavy atom. The molecule has 4 nitrogen and oxygen atoms in total. The summed E-state index contributed by atoms with van der Waals surface area (Å²) < 4.78 is 0.911. The third-order valence-corrected chi connectivity index (χ3v) is 4.37. The first kappa shape index (κ1) is 17.2. The lowest BCUT2D eigenvalue weighted by atomic mass is 10.1. The SMILES string of the molecule is Cc1ccc(Nc2cncc(C(=O)Nc3cccc(Br)c3)c2)cc1C. The van der Waals surface area contributed by atoms with Gasteiger partial charge in [0.1, 0.15) is 0 Å². The molecule has 25 heavy (non-hydrogen) atoms. The predicted molar refractivity (Wildman–Crippen MR) is 106 cm³/mol. The van der Waals surface area contributed by atoms with E-state index < -0.39 is 0 Å². The van der Waals surface area contributed by atoms with Gasteiger partial charge in [0.15, 0.2) is 0 Å². The summed E-state index contributed by atoms with van der Waals surface area (Å²) in [6, 6.07) is 15.4. The number of rotatable bonds is 4. The number of hydrogen-bond acceptors (Lipinski definition) is 3. The molecule has 0 atom stereocenters. The average Bonchev–Trinajstić information content (AvgIpc) is 2.58. The summed E-state index contributed by atoms with van der Waals surface area (Å²) in [6.45, 7) is 4.15. The number of anilines is 3. The number of nitrogens with zero attached hydrogens (tertiary/aromatic N) is 1. The van der Waals surface area contributed by atoms with Gasteiger partial charge in [-0.3, -0.25) is 9.78 Å². The largest absolute Gasteiger partial charge is 0.354 e. The highest BCUT2D eigenvalue weighted by Gasteiger charge is 2.08. The molecule has 1 aromatic heterocycles. The quantitative estimate of drug-likeness (QED) is 0.616. The van der Waals surface area contributed by atoms with Crippen LogP contribution in [0.5, 0.6) is 0 Å². The van der Waals surface area contributed by atoms with E-state index in [0.717, 1.165) is 21.5 Å². The van der Waals surface area contributed by atoms with Crippen LogP contribution in [0.4, 0.5) is 17.1 Å². The minimum atomic E-state index is -0.200. The van der Waals surface area contributed by atoms with E-state index in [4.69, 9.17) is 0 Å². The van der Waals surface area contributed by atoms with Gasteiger partial charge in [-0.1, -0.05) is 28.1 Å². The number of carbonyl (C=O) groups excluding carboxylic acids is 1. The second-order valence-electron chi connectivity index (χ2n) is 5.85. The van der Waals surface area contributed by atoms with Crippen molar-refractivity contribution in [2.45, 2.75) is 13.8 Å². The molecule has 2 aromatic carbocycles. The number of aryl methyl sites for hydroxylation is 2. The van der Waals surface area contributed by atoms with Crippen molar-refractivity contribution in [3.63, 3.8) is 0 Å². The summed E-state index contributed by atoms with van der Waals surface area (Å²) in [7, 11) is 0. The van der Waals surface area contributed by atoms with E-state index in [1.807, 2.05) is 30.3 Å². The van der Waals surface area contributed by atoms with Gasteiger partial charge in [-0.15, -0.1) is 0 Å². The van der Waals surface area contributed by atoms with E-state index in [1.165, 1.54) is 11.1 Å². The molecule has 0 fully saturated rings. The van der Waals surface area contributed by atoms with Gasteiger partial charge in [-0.25, -0.2) is 0 Å². The van der Waals surface area contributed by atoms with E-state index in [1.54, 1.807) is 18.5 Å². The second kappa shape index (κ2) is 7.49. The van der Waals surface area contributed by atoms with E-state index in [9.17, 15) is 4.79 Å². The lowest BCUT2D eigenvalue weighted by Crippen LogP contribution is -2.12. The van der Waals surface area contributed by atoms with Crippen LogP contribution in [0, 0.1) is 13.8 Å². The van der Waals surface area contributed by atoms with Crippen molar-refractivity contribution in [1.82, 2.24) is 4.98 Å². The summed E-state index contributed by atoms with van der Waals surface area (Å²) in [5.74, 6) is -0.200. The Balaban J connectivity index is 1.76. The van der Waals surface area contributed by atoms with Crippen LogP contribution in [0.15, 0.2) is 65.4 Å². The van der Waals surface area contributed by atoms with Crippen LogP contribution in [-0.4, -0.2) is 10.9 Å². The van der Waals surface area contributed by atoms with Crippen molar-refractivity contribution in [2.24, 2.45) is 0 Å². The third kappa shape index (κ3) is 4.45. The summed E-state index contributed by atoms with van der Waals surface area (Å²) >= 11 is 3.39. The van der Waals surface area contributed by atoms with Crippen molar-refractivity contribution < 1.29 is 4.79 Å². The number of benzene rings is 2. The first-order chi connectivity index (χ1) is 12.0. The van der Waals surface area contributed by atoms with E-state index in [-0.39, 0.29) is 5.91 Å². The lowest BCUT2D eigenvalue weighted by Gasteiger charge is -2.10. The molecule has 126 valence electrons. The van der Waals surface area contributed by atoms with Crippen LogP contribution in [0.25, 0.3) is 0 Å². The number of carbonyl (C=O) groups is 1. The highest BCUT2D eigenvalue weighted by atomic mass is 79.9. The molecule has 0 saturated heterocycles.